The minimum atomic E-state index is 0.345. The first-order chi connectivity index (χ1) is 7.92. The highest BCUT2D eigenvalue weighted by Gasteiger charge is 2.16. The van der Waals surface area contributed by atoms with E-state index < -0.39 is 0 Å². The largest absolute Gasteiger partial charge is 0.454 e. The molecule has 1 N–H and O–H groups in total. The average Bonchev–Trinajstić information content (AvgIpc) is 2.97. The van der Waals surface area contributed by atoms with E-state index in [4.69, 9.17) is 9.47 Å². The van der Waals surface area contributed by atoms with Gasteiger partial charge in [-0.3, -0.25) is 0 Å². The summed E-state index contributed by atoms with van der Waals surface area (Å²) in [7, 11) is 0. The zero-order valence-electron chi connectivity index (χ0n) is 9.07. The predicted octanol–water partition coefficient (Wildman–Crippen LogP) is 2.58. The van der Waals surface area contributed by atoms with Crippen LogP contribution in [0.3, 0.4) is 0 Å². The highest BCUT2D eigenvalue weighted by molar-refractivity contribution is 7.99. The molecule has 16 heavy (non-hydrogen) atoms. The van der Waals surface area contributed by atoms with E-state index in [0.29, 0.717) is 6.79 Å². The van der Waals surface area contributed by atoms with Crippen molar-refractivity contribution in [1.29, 1.82) is 0 Å². The Bertz CT molecular complexity index is 377. The summed E-state index contributed by atoms with van der Waals surface area (Å²) < 4.78 is 10.6. The molecule has 4 heteroatoms. The van der Waals surface area contributed by atoms with Crippen molar-refractivity contribution < 1.29 is 9.47 Å². The van der Waals surface area contributed by atoms with Crippen LogP contribution in [0.25, 0.3) is 0 Å². The molecule has 0 bridgehead atoms. The maximum absolute atomic E-state index is 5.34. The summed E-state index contributed by atoms with van der Waals surface area (Å²) in [5.74, 6) is 5.12. The van der Waals surface area contributed by atoms with Gasteiger partial charge in [-0.2, -0.15) is 11.8 Å². The number of fused-ring (bicyclic) bond motifs is 1. The van der Waals surface area contributed by atoms with Gasteiger partial charge in [-0.1, -0.05) is 0 Å². The fraction of sp³-hybridized carbons (Fsp3) is 0.500. The second-order valence-corrected chi connectivity index (χ2v) is 5.33. The molecule has 0 saturated carbocycles. The second-order valence-electron chi connectivity index (χ2n) is 4.18. The van der Waals surface area contributed by atoms with E-state index in [0.717, 1.165) is 29.6 Å². The monoisotopic (exact) mass is 237 g/mol. The molecule has 86 valence electrons. The molecule has 1 saturated heterocycles. The second kappa shape index (κ2) is 4.45. The van der Waals surface area contributed by atoms with Gasteiger partial charge in [0.25, 0.3) is 0 Å². The van der Waals surface area contributed by atoms with Crippen molar-refractivity contribution in [2.75, 3.05) is 30.2 Å². The molecule has 0 aliphatic carbocycles. The molecule has 0 spiro atoms. The van der Waals surface area contributed by atoms with Gasteiger partial charge in [0.2, 0.25) is 6.79 Å². The van der Waals surface area contributed by atoms with Crippen LogP contribution in [0.15, 0.2) is 18.2 Å². The van der Waals surface area contributed by atoms with Crippen LogP contribution in [0.2, 0.25) is 0 Å². The zero-order chi connectivity index (χ0) is 10.8. The summed E-state index contributed by atoms with van der Waals surface area (Å²) >= 11 is 2.05. The first-order valence-corrected chi connectivity index (χ1v) is 6.78. The fourth-order valence-corrected chi connectivity index (χ4v) is 3.30. The van der Waals surface area contributed by atoms with Gasteiger partial charge in [0, 0.05) is 18.3 Å². The fourth-order valence-electron chi connectivity index (χ4n) is 2.01. The van der Waals surface area contributed by atoms with Crippen LogP contribution in [0.1, 0.15) is 6.42 Å². The molecule has 0 aromatic heterocycles. The Morgan fingerprint density at radius 2 is 2.25 bits per heavy atom. The Hall–Kier alpha value is -1.03. The van der Waals surface area contributed by atoms with Gasteiger partial charge in [-0.05, 0) is 36.0 Å². The summed E-state index contributed by atoms with van der Waals surface area (Å²) in [6, 6.07) is 6.04. The van der Waals surface area contributed by atoms with Crippen LogP contribution in [0, 0.1) is 5.92 Å². The molecule has 2 aliphatic rings. The molecule has 2 heterocycles. The number of ether oxygens (including phenoxy) is 2. The Labute approximate surface area is 99.5 Å². The van der Waals surface area contributed by atoms with Gasteiger partial charge in [-0.25, -0.2) is 0 Å². The van der Waals surface area contributed by atoms with Crippen molar-refractivity contribution >= 4 is 17.4 Å². The lowest BCUT2D eigenvalue weighted by molar-refractivity contribution is 0.174. The smallest absolute Gasteiger partial charge is 0.231 e. The van der Waals surface area contributed by atoms with Crippen molar-refractivity contribution in [3.05, 3.63) is 18.2 Å². The van der Waals surface area contributed by atoms with Crippen LogP contribution in [-0.4, -0.2) is 24.8 Å². The van der Waals surface area contributed by atoms with Crippen LogP contribution in [0.4, 0.5) is 5.69 Å². The standard InChI is InChI=1S/C12H15NO2S/c1-2-11-12(15-8-14-11)5-10(1)13-6-9-3-4-16-7-9/h1-2,5,9,13H,3-4,6-8H2. The number of rotatable bonds is 3. The normalized spacial score (nSPS) is 22.4. The van der Waals surface area contributed by atoms with E-state index in [2.05, 4.69) is 23.1 Å². The Morgan fingerprint density at radius 3 is 3.12 bits per heavy atom. The van der Waals surface area contributed by atoms with Gasteiger partial charge >= 0.3 is 0 Å². The average molecular weight is 237 g/mol. The predicted molar refractivity (Wildman–Crippen MR) is 66.5 cm³/mol. The van der Waals surface area contributed by atoms with E-state index in [1.54, 1.807) is 0 Å². The lowest BCUT2D eigenvalue weighted by atomic mass is 10.1. The molecule has 1 atom stereocenters. The van der Waals surface area contributed by atoms with Crippen LogP contribution < -0.4 is 14.8 Å². The Balaban J connectivity index is 1.61. The van der Waals surface area contributed by atoms with Gasteiger partial charge in [0.1, 0.15) is 0 Å². The number of thioether (sulfide) groups is 1. The summed E-state index contributed by atoms with van der Waals surface area (Å²) in [6.45, 7) is 1.41. The van der Waals surface area contributed by atoms with Gasteiger partial charge in [0.15, 0.2) is 11.5 Å². The van der Waals surface area contributed by atoms with E-state index in [9.17, 15) is 0 Å². The Kier molecular flexibility index (Phi) is 2.82. The van der Waals surface area contributed by atoms with E-state index in [-0.39, 0.29) is 0 Å². The molecule has 0 amide bonds. The van der Waals surface area contributed by atoms with E-state index in [1.807, 2.05) is 12.1 Å². The minimum Gasteiger partial charge on any atom is -0.454 e. The molecule has 3 rings (SSSR count). The summed E-state index contributed by atoms with van der Waals surface area (Å²) in [5, 5.41) is 3.47. The van der Waals surface area contributed by atoms with E-state index >= 15 is 0 Å². The quantitative estimate of drug-likeness (QED) is 0.875. The lowest BCUT2D eigenvalue weighted by Gasteiger charge is -2.11. The third-order valence-electron chi connectivity index (χ3n) is 2.99. The van der Waals surface area contributed by atoms with Gasteiger partial charge < -0.3 is 14.8 Å². The van der Waals surface area contributed by atoms with Gasteiger partial charge in [0.05, 0.1) is 0 Å². The third-order valence-corrected chi connectivity index (χ3v) is 4.22. The number of benzene rings is 1. The Morgan fingerprint density at radius 1 is 1.31 bits per heavy atom. The lowest BCUT2D eigenvalue weighted by Crippen LogP contribution is -2.13. The number of hydrogen-bond acceptors (Lipinski definition) is 4. The topological polar surface area (TPSA) is 30.5 Å². The summed E-state index contributed by atoms with van der Waals surface area (Å²) in [6.07, 6.45) is 1.34. The van der Waals surface area contributed by atoms with Crippen molar-refractivity contribution in [2.45, 2.75) is 6.42 Å². The first-order valence-electron chi connectivity index (χ1n) is 5.63. The van der Waals surface area contributed by atoms with E-state index in [1.165, 1.54) is 17.9 Å². The van der Waals surface area contributed by atoms with Crippen molar-refractivity contribution in [2.24, 2.45) is 5.92 Å². The summed E-state index contributed by atoms with van der Waals surface area (Å²) in [4.78, 5) is 0. The van der Waals surface area contributed by atoms with Crippen molar-refractivity contribution in [1.82, 2.24) is 0 Å². The van der Waals surface area contributed by atoms with Crippen LogP contribution in [0.5, 0.6) is 11.5 Å². The summed E-state index contributed by atoms with van der Waals surface area (Å²) in [5.41, 5.74) is 1.13. The van der Waals surface area contributed by atoms with Crippen molar-refractivity contribution in [3.8, 4) is 11.5 Å². The number of nitrogens with one attached hydrogen (secondary N) is 1. The molecule has 2 aliphatic heterocycles. The zero-order valence-corrected chi connectivity index (χ0v) is 9.89. The molecule has 1 fully saturated rings. The molecule has 1 aromatic carbocycles. The SMILES string of the molecule is c1cc2c(cc1NCC1CCSC1)OCO2. The molecule has 0 radical (unpaired) electrons. The molecule has 1 unspecified atom stereocenters. The highest BCUT2D eigenvalue weighted by Crippen LogP contribution is 2.34. The minimum absolute atomic E-state index is 0.345. The van der Waals surface area contributed by atoms with Gasteiger partial charge in [-0.15, -0.1) is 0 Å². The number of hydrogen-bond donors (Lipinski definition) is 1. The maximum atomic E-state index is 5.34. The maximum Gasteiger partial charge on any atom is 0.231 e. The molecule has 3 nitrogen and oxygen atoms in total. The van der Waals surface area contributed by atoms with Crippen LogP contribution >= 0.6 is 11.8 Å². The molecular weight excluding hydrogens is 222 g/mol. The molecular formula is C12H15NO2S. The third kappa shape index (κ3) is 2.07. The van der Waals surface area contributed by atoms with Crippen molar-refractivity contribution in [3.63, 3.8) is 0 Å². The first kappa shape index (κ1) is 10.1. The highest BCUT2D eigenvalue weighted by atomic mass is 32.2. The molecule has 1 aromatic rings. The van der Waals surface area contributed by atoms with Crippen LogP contribution in [-0.2, 0) is 0 Å². The number of anilines is 1.